The van der Waals surface area contributed by atoms with Gasteiger partial charge in [0.2, 0.25) is 0 Å². The van der Waals surface area contributed by atoms with Gasteiger partial charge in [0, 0.05) is 6.42 Å². The lowest BCUT2D eigenvalue weighted by atomic mass is 9.75. The van der Waals surface area contributed by atoms with Crippen LogP contribution in [0, 0.1) is 0 Å². The van der Waals surface area contributed by atoms with Gasteiger partial charge in [-0.25, -0.2) is 4.79 Å². The molecule has 0 unspecified atom stereocenters. The molecular weight excluding hydrogens is 206 g/mol. The van der Waals surface area contributed by atoms with E-state index in [1.807, 2.05) is 0 Å². The molecule has 0 radical (unpaired) electrons. The summed E-state index contributed by atoms with van der Waals surface area (Å²) in [4.78, 5) is 11.1. The molecular formula is C8H13NO6. The minimum absolute atomic E-state index is 0.0641. The van der Waals surface area contributed by atoms with E-state index in [2.05, 4.69) is 5.32 Å². The SMILES string of the molecule is O=C1N[C@@H]2C[C@](CO)(O1)[C@@H](O)[C@H](O)[C@@H]2O. The van der Waals surface area contributed by atoms with Gasteiger partial charge in [0.15, 0.2) is 5.60 Å². The minimum Gasteiger partial charge on any atom is -0.438 e. The molecule has 1 aliphatic carbocycles. The molecule has 2 fully saturated rings. The van der Waals surface area contributed by atoms with Gasteiger partial charge in [-0.2, -0.15) is 0 Å². The maximum atomic E-state index is 11.1. The summed E-state index contributed by atoms with van der Waals surface area (Å²) < 4.78 is 4.80. The Kier molecular flexibility index (Phi) is 2.34. The van der Waals surface area contributed by atoms with Gasteiger partial charge < -0.3 is 30.5 Å². The second-order valence-electron chi connectivity index (χ2n) is 3.99. The Morgan fingerprint density at radius 1 is 1.40 bits per heavy atom. The van der Waals surface area contributed by atoms with Crippen molar-refractivity contribution in [2.45, 2.75) is 36.4 Å². The maximum Gasteiger partial charge on any atom is 0.408 e. The van der Waals surface area contributed by atoms with Gasteiger partial charge >= 0.3 is 6.09 Å². The molecule has 2 aliphatic rings. The Hall–Kier alpha value is -0.890. The largest absolute Gasteiger partial charge is 0.438 e. The van der Waals surface area contributed by atoms with E-state index in [-0.39, 0.29) is 6.42 Å². The first kappa shape index (κ1) is 10.6. The third-order valence-electron chi connectivity index (χ3n) is 3.06. The highest BCUT2D eigenvalue weighted by Gasteiger charge is 2.57. The van der Waals surface area contributed by atoms with Crippen LogP contribution in [0.4, 0.5) is 4.79 Å². The van der Waals surface area contributed by atoms with Crippen LogP contribution in [0.1, 0.15) is 6.42 Å². The standard InChI is InChI=1S/C8H13NO6/c10-2-8-1-3(9-7(14)15-8)4(11)5(12)6(8)13/h3-6,10-13H,1-2H2,(H,9,14)/t3-,4-,5-,6+,8-/m1/s1. The van der Waals surface area contributed by atoms with Crippen molar-refractivity contribution in [1.29, 1.82) is 0 Å². The fourth-order valence-electron chi connectivity index (χ4n) is 2.14. The fourth-order valence-corrected chi connectivity index (χ4v) is 2.14. The number of hydrogen-bond donors (Lipinski definition) is 5. The average molecular weight is 219 g/mol. The number of ether oxygens (including phenoxy) is 1. The maximum absolute atomic E-state index is 11.1. The van der Waals surface area contributed by atoms with E-state index in [1.165, 1.54) is 0 Å². The predicted molar refractivity (Wildman–Crippen MR) is 45.9 cm³/mol. The van der Waals surface area contributed by atoms with E-state index in [0.29, 0.717) is 0 Å². The van der Waals surface area contributed by atoms with Gasteiger partial charge in [-0.1, -0.05) is 0 Å². The zero-order chi connectivity index (χ0) is 11.2. The van der Waals surface area contributed by atoms with Crippen molar-refractivity contribution in [3.05, 3.63) is 0 Å². The molecule has 1 saturated heterocycles. The summed E-state index contributed by atoms with van der Waals surface area (Å²) in [5, 5.41) is 40.1. The summed E-state index contributed by atoms with van der Waals surface area (Å²) >= 11 is 0. The third-order valence-corrected chi connectivity index (χ3v) is 3.06. The van der Waals surface area contributed by atoms with Crippen LogP contribution in [-0.2, 0) is 4.74 Å². The highest BCUT2D eigenvalue weighted by Crippen LogP contribution is 2.35. The Labute approximate surface area is 85.3 Å². The molecule has 0 aromatic rings. The number of carbonyl (C=O) groups is 1. The number of rotatable bonds is 1. The number of hydrogen-bond acceptors (Lipinski definition) is 6. The van der Waals surface area contributed by atoms with Crippen LogP contribution in [0.15, 0.2) is 0 Å². The molecule has 0 aromatic carbocycles. The number of amides is 1. The molecule has 86 valence electrons. The molecule has 1 amide bonds. The monoisotopic (exact) mass is 219 g/mol. The van der Waals surface area contributed by atoms with Crippen LogP contribution in [0.5, 0.6) is 0 Å². The van der Waals surface area contributed by atoms with Crippen molar-refractivity contribution in [3.63, 3.8) is 0 Å². The Morgan fingerprint density at radius 3 is 2.67 bits per heavy atom. The van der Waals surface area contributed by atoms with Crippen LogP contribution >= 0.6 is 0 Å². The number of carbonyl (C=O) groups excluding carboxylic acids is 1. The molecule has 2 bridgehead atoms. The number of nitrogens with one attached hydrogen (secondary N) is 1. The Balaban J connectivity index is 2.32. The quantitative estimate of drug-likeness (QED) is 0.328. The van der Waals surface area contributed by atoms with Crippen LogP contribution in [0.3, 0.4) is 0 Å². The number of alkyl carbamates (subject to hydrolysis) is 1. The molecule has 15 heavy (non-hydrogen) atoms. The lowest BCUT2D eigenvalue weighted by Gasteiger charge is -2.50. The van der Waals surface area contributed by atoms with Gasteiger partial charge in [0.1, 0.15) is 18.3 Å². The van der Waals surface area contributed by atoms with E-state index in [9.17, 15) is 20.1 Å². The highest BCUT2D eigenvalue weighted by atomic mass is 16.6. The number of fused-ring (bicyclic) bond motifs is 2. The van der Waals surface area contributed by atoms with Crippen molar-refractivity contribution in [2.24, 2.45) is 0 Å². The summed E-state index contributed by atoms with van der Waals surface area (Å²) in [6.45, 7) is -0.595. The van der Waals surface area contributed by atoms with E-state index < -0.39 is 42.7 Å². The van der Waals surface area contributed by atoms with Crippen molar-refractivity contribution in [2.75, 3.05) is 6.61 Å². The second-order valence-corrected chi connectivity index (χ2v) is 3.99. The van der Waals surface area contributed by atoms with Gasteiger partial charge in [-0.05, 0) is 0 Å². The second kappa shape index (κ2) is 3.31. The van der Waals surface area contributed by atoms with Crippen molar-refractivity contribution in [3.8, 4) is 0 Å². The first-order valence-corrected chi connectivity index (χ1v) is 4.65. The Morgan fingerprint density at radius 2 is 2.07 bits per heavy atom. The highest BCUT2D eigenvalue weighted by molar-refractivity contribution is 5.69. The van der Waals surface area contributed by atoms with E-state index >= 15 is 0 Å². The predicted octanol–water partition coefficient (Wildman–Crippen LogP) is -2.69. The van der Waals surface area contributed by atoms with Gasteiger partial charge in [0.05, 0.1) is 12.6 Å². The van der Waals surface area contributed by atoms with Crippen molar-refractivity contribution >= 4 is 6.09 Å². The summed E-state index contributed by atoms with van der Waals surface area (Å²) in [5.41, 5.74) is -1.51. The van der Waals surface area contributed by atoms with Crippen LogP contribution in [0.2, 0.25) is 0 Å². The number of aliphatic hydroxyl groups excluding tert-OH is 4. The van der Waals surface area contributed by atoms with Crippen LogP contribution in [0.25, 0.3) is 0 Å². The van der Waals surface area contributed by atoms with Crippen LogP contribution < -0.4 is 5.32 Å². The van der Waals surface area contributed by atoms with Crippen molar-refractivity contribution in [1.82, 2.24) is 5.32 Å². The van der Waals surface area contributed by atoms with Gasteiger partial charge in [-0.3, -0.25) is 0 Å². The van der Waals surface area contributed by atoms with Gasteiger partial charge in [0.25, 0.3) is 0 Å². The zero-order valence-electron chi connectivity index (χ0n) is 7.83. The number of aliphatic hydroxyl groups is 4. The van der Waals surface area contributed by atoms with E-state index in [4.69, 9.17) is 9.84 Å². The van der Waals surface area contributed by atoms with Gasteiger partial charge in [-0.15, -0.1) is 0 Å². The lowest BCUT2D eigenvalue weighted by Crippen LogP contribution is -2.72. The first-order valence-electron chi connectivity index (χ1n) is 4.65. The summed E-state index contributed by atoms with van der Waals surface area (Å²) in [5.74, 6) is 0. The zero-order valence-corrected chi connectivity index (χ0v) is 7.83. The molecule has 7 heteroatoms. The molecule has 5 N–H and O–H groups in total. The molecule has 1 saturated carbocycles. The Bertz CT molecular complexity index is 284. The lowest BCUT2D eigenvalue weighted by molar-refractivity contribution is -0.219. The van der Waals surface area contributed by atoms with Crippen molar-refractivity contribution < 1.29 is 30.0 Å². The molecule has 7 nitrogen and oxygen atoms in total. The normalized spacial score (nSPS) is 49.5. The molecule has 5 atom stereocenters. The molecule has 2 rings (SSSR count). The average Bonchev–Trinajstić information content (AvgIpc) is 2.23. The van der Waals surface area contributed by atoms with E-state index in [1.54, 1.807) is 0 Å². The summed E-state index contributed by atoms with van der Waals surface area (Å²) in [6, 6.07) is -0.711. The van der Waals surface area contributed by atoms with Crippen LogP contribution in [-0.4, -0.2) is 63.1 Å². The minimum atomic E-state index is -1.51. The smallest absolute Gasteiger partial charge is 0.408 e. The molecule has 1 heterocycles. The molecule has 0 spiro atoms. The summed E-state index contributed by atoms with van der Waals surface area (Å²) in [7, 11) is 0. The van der Waals surface area contributed by atoms with E-state index in [0.717, 1.165) is 0 Å². The molecule has 0 aromatic heterocycles. The first-order chi connectivity index (χ1) is 7.00. The summed E-state index contributed by atoms with van der Waals surface area (Å²) in [6.07, 6.45) is -4.94. The fraction of sp³-hybridized carbons (Fsp3) is 0.875. The third kappa shape index (κ3) is 1.39. The topological polar surface area (TPSA) is 119 Å². The molecule has 1 aliphatic heterocycles.